The van der Waals surface area contributed by atoms with Gasteiger partial charge in [-0.25, -0.2) is 4.98 Å². The van der Waals surface area contributed by atoms with Crippen LogP contribution in [0.5, 0.6) is 5.75 Å². The summed E-state index contributed by atoms with van der Waals surface area (Å²) in [5.74, 6) is 0.691. The number of ether oxygens (including phenoxy) is 1. The maximum atomic E-state index is 13.5. The fourth-order valence-corrected chi connectivity index (χ4v) is 5.56. The molecular weight excluding hydrogens is 542 g/mol. The SMILES string of the molecule is CN1CCN(CCOc2ccn3c(C(=O)Cc4cccc5c4cnn5Cc4cccc(C(=O)N(C)C)c4)cnc3c2)CC1. The number of nitrogens with zero attached hydrogens (tertiary/aromatic N) is 7. The molecule has 6 rings (SSSR count). The Balaban J connectivity index is 1.13. The van der Waals surface area contributed by atoms with E-state index >= 15 is 0 Å². The second kappa shape index (κ2) is 12.4. The number of rotatable bonds is 10. The zero-order chi connectivity index (χ0) is 29.9. The predicted molar refractivity (Wildman–Crippen MR) is 166 cm³/mol. The fraction of sp³-hybridized carbons (Fsp3) is 0.333. The number of amides is 1. The van der Waals surface area contributed by atoms with Gasteiger partial charge in [-0.2, -0.15) is 5.10 Å². The number of ketones is 1. The summed E-state index contributed by atoms with van der Waals surface area (Å²) in [5.41, 5.74) is 4.68. The number of carbonyl (C=O) groups is 2. The number of carbonyl (C=O) groups excluding carboxylic acids is 2. The van der Waals surface area contributed by atoms with E-state index in [4.69, 9.17) is 4.74 Å². The molecule has 0 bridgehead atoms. The van der Waals surface area contributed by atoms with Crippen molar-refractivity contribution in [2.75, 3.05) is 60.5 Å². The largest absolute Gasteiger partial charge is 0.492 e. The number of hydrogen-bond acceptors (Lipinski definition) is 7. The Morgan fingerprint density at radius 2 is 1.79 bits per heavy atom. The van der Waals surface area contributed by atoms with Crippen LogP contribution in [0.4, 0.5) is 0 Å². The van der Waals surface area contributed by atoms with E-state index < -0.39 is 0 Å². The predicted octanol–water partition coefficient (Wildman–Crippen LogP) is 3.49. The zero-order valence-corrected chi connectivity index (χ0v) is 24.9. The van der Waals surface area contributed by atoms with E-state index in [2.05, 4.69) is 26.9 Å². The standard InChI is InChI=1S/C33H37N7O3/c1-36(2)33(42)26-8-4-6-24(18-26)23-40-29-9-5-7-25(28(29)21-35-40)19-31(41)30-22-34-32-20-27(10-11-39(30)32)43-17-16-38-14-12-37(3)13-15-38/h4-11,18,20-22H,12-17,19,23H2,1-3H3. The average Bonchev–Trinajstić information content (AvgIpc) is 3.62. The molecule has 10 nitrogen and oxygen atoms in total. The highest BCUT2D eigenvalue weighted by Gasteiger charge is 2.17. The quantitative estimate of drug-likeness (QED) is 0.234. The lowest BCUT2D eigenvalue weighted by Gasteiger charge is -2.32. The van der Waals surface area contributed by atoms with Crippen LogP contribution in [0, 0.1) is 0 Å². The molecule has 1 saturated heterocycles. The lowest BCUT2D eigenvalue weighted by Crippen LogP contribution is -2.45. The van der Waals surface area contributed by atoms with Crippen LogP contribution in [0.2, 0.25) is 0 Å². The summed E-state index contributed by atoms with van der Waals surface area (Å²) < 4.78 is 9.73. The Morgan fingerprint density at radius 1 is 0.977 bits per heavy atom. The van der Waals surface area contributed by atoms with Crippen molar-refractivity contribution in [1.82, 2.24) is 33.9 Å². The first-order valence-electron chi connectivity index (χ1n) is 14.6. The van der Waals surface area contributed by atoms with Gasteiger partial charge in [-0.15, -0.1) is 0 Å². The second-order valence-electron chi connectivity index (χ2n) is 11.4. The van der Waals surface area contributed by atoms with Gasteiger partial charge in [0.15, 0.2) is 5.78 Å². The number of pyridine rings is 1. The van der Waals surface area contributed by atoms with Crippen molar-refractivity contribution in [2.24, 2.45) is 0 Å². The average molecular weight is 580 g/mol. The number of aromatic nitrogens is 4. The molecule has 0 atom stereocenters. The molecule has 1 amide bonds. The summed E-state index contributed by atoms with van der Waals surface area (Å²) in [6, 6.07) is 17.3. The van der Waals surface area contributed by atoms with E-state index in [9.17, 15) is 9.59 Å². The van der Waals surface area contributed by atoms with Gasteiger partial charge in [0.25, 0.3) is 5.91 Å². The van der Waals surface area contributed by atoms with E-state index in [1.807, 2.05) is 76.1 Å². The van der Waals surface area contributed by atoms with Gasteiger partial charge >= 0.3 is 0 Å². The van der Waals surface area contributed by atoms with Gasteiger partial charge in [0, 0.05) is 76.5 Å². The highest BCUT2D eigenvalue weighted by molar-refractivity contribution is 5.99. The molecule has 0 unspecified atom stereocenters. The molecule has 0 spiro atoms. The smallest absolute Gasteiger partial charge is 0.253 e. The van der Waals surface area contributed by atoms with Crippen molar-refractivity contribution in [3.05, 3.63) is 95.6 Å². The molecule has 222 valence electrons. The van der Waals surface area contributed by atoms with E-state index in [1.54, 1.807) is 25.2 Å². The molecule has 1 aliphatic heterocycles. The van der Waals surface area contributed by atoms with Crippen LogP contribution in [0.15, 0.2) is 73.2 Å². The van der Waals surface area contributed by atoms with Crippen LogP contribution in [0.1, 0.15) is 32.0 Å². The summed E-state index contributed by atoms with van der Waals surface area (Å²) in [6.45, 7) is 6.32. The summed E-state index contributed by atoms with van der Waals surface area (Å²) in [7, 11) is 5.64. The summed E-state index contributed by atoms with van der Waals surface area (Å²) >= 11 is 0. The van der Waals surface area contributed by atoms with Crippen LogP contribution >= 0.6 is 0 Å². The Morgan fingerprint density at radius 3 is 2.60 bits per heavy atom. The van der Waals surface area contributed by atoms with Gasteiger partial charge in [-0.1, -0.05) is 24.3 Å². The first-order valence-corrected chi connectivity index (χ1v) is 14.6. The van der Waals surface area contributed by atoms with Crippen molar-refractivity contribution in [3.8, 4) is 5.75 Å². The highest BCUT2D eigenvalue weighted by atomic mass is 16.5. The Bertz CT molecular complexity index is 1770. The minimum Gasteiger partial charge on any atom is -0.492 e. The topological polar surface area (TPSA) is 88.2 Å². The van der Waals surface area contributed by atoms with Crippen molar-refractivity contribution >= 4 is 28.2 Å². The number of fused-ring (bicyclic) bond motifs is 2. The van der Waals surface area contributed by atoms with Crippen molar-refractivity contribution in [2.45, 2.75) is 13.0 Å². The molecule has 0 saturated carbocycles. The molecular formula is C33H37N7O3. The molecule has 0 aliphatic carbocycles. The summed E-state index contributed by atoms with van der Waals surface area (Å²) in [4.78, 5) is 36.7. The van der Waals surface area contributed by atoms with Gasteiger partial charge in [-0.05, 0) is 42.4 Å². The molecule has 2 aromatic carbocycles. The first kappa shape index (κ1) is 28.6. The van der Waals surface area contributed by atoms with Crippen LogP contribution in [0.3, 0.4) is 0 Å². The maximum Gasteiger partial charge on any atom is 0.253 e. The Labute approximate surface area is 251 Å². The van der Waals surface area contributed by atoms with E-state index in [-0.39, 0.29) is 18.1 Å². The second-order valence-corrected chi connectivity index (χ2v) is 11.4. The Kier molecular flexibility index (Phi) is 8.22. The zero-order valence-electron chi connectivity index (χ0n) is 24.9. The minimum atomic E-state index is -0.0367. The number of benzene rings is 2. The highest BCUT2D eigenvalue weighted by Crippen LogP contribution is 2.23. The Hall–Kier alpha value is -4.54. The van der Waals surface area contributed by atoms with Gasteiger partial charge in [0.1, 0.15) is 23.7 Å². The molecule has 1 aliphatic rings. The van der Waals surface area contributed by atoms with Gasteiger partial charge in [-0.3, -0.25) is 23.6 Å². The lowest BCUT2D eigenvalue weighted by molar-refractivity contribution is 0.0827. The summed E-state index contributed by atoms with van der Waals surface area (Å²) in [5, 5.41) is 5.55. The molecule has 43 heavy (non-hydrogen) atoms. The minimum absolute atomic E-state index is 0.0219. The lowest BCUT2D eigenvalue weighted by atomic mass is 10.0. The third kappa shape index (κ3) is 6.30. The summed E-state index contributed by atoms with van der Waals surface area (Å²) in [6.07, 6.45) is 5.53. The normalized spacial score (nSPS) is 14.4. The first-order chi connectivity index (χ1) is 20.9. The third-order valence-electron chi connectivity index (χ3n) is 8.08. The van der Waals surface area contributed by atoms with Gasteiger partial charge < -0.3 is 14.5 Å². The molecule has 0 N–H and O–H groups in total. The number of likely N-dealkylation sites (N-methyl/N-ethyl adjacent to an activating group) is 1. The van der Waals surface area contributed by atoms with Crippen LogP contribution in [-0.2, 0) is 13.0 Å². The third-order valence-corrected chi connectivity index (χ3v) is 8.08. The van der Waals surface area contributed by atoms with Crippen LogP contribution < -0.4 is 4.74 Å². The monoisotopic (exact) mass is 579 g/mol. The maximum absolute atomic E-state index is 13.5. The van der Waals surface area contributed by atoms with Crippen LogP contribution in [-0.4, -0.2) is 106 Å². The fourth-order valence-electron chi connectivity index (χ4n) is 5.56. The molecule has 10 heteroatoms. The van der Waals surface area contributed by atoms with E-state index in [0.717, 1.165) is 60.5 Å². The number of piperazine rings is 1. The van der Waals surface area contributed by atoms with Gasteiger partial charge in [0.2, 0.25) is 0 Å². The van der Waals surface area contributed by atoms with Crippen LogP contribution in [0.25, 0.3) is 16.6 Å². The number of imidazole rings is 1. The number of hydrogen-bond donors (Lipinski definition) is 0. The number of Topliss-reactive ketones (excluding diaryl/α,β-unsaturated/α-hetero) is 1. The van der Waals surface area contributed by atoms with E-state index in [1.165, 1.54) is 0 Å². The van der Waals surface area contributed by atoms with E-state index in [0.29, 0.717) is 30.1 Å². The van der Waals surface area contributed by atoms with Crippen molar-refractivity contribution in [3.63, 3.8) is 0 Å². The van der Waals surface area contributed by atoms with Crippen molar-refractivity contribution in [1.29, 1.82) is 0 Å². The van der Waals surface area contributed by atoms with Gasteiger partial charge in [0.05, 0.1) is 24.5 Å². The molecule has 0 radical (unpaired) electrons. The molecule has 4 heterocycles. The molecule has 3 aromatic heterocycles. The van der Waals surface area contributed by atoms with Crippen molar-refractivity contribution < 1.29 is 14.3 Å². The molecule has 1 fully saturated rings. The molecule has 5 aromatic rings.